The molecule has 4 nitrogen and oxygen atoms in total. The minimum absolute atomic E-state index is 0.0894. The smallest absolute Gasteiger partial charge is 0.147 e. The SMILES string of the molecule is Cc1ccc2c(c1)c1c(n2CC(CC(=O)CN)c2ccc(F)cc2F)CCN(C)CC1. The molecule has 1 aliphatic heterocycles. The molecule has 0 saturated carbocycles. The van der Waals surface area contributed by atoms with E-state index in [1.54, 1.807) is 0 Å². The molecule has 0 amide bonds. The van der Waals surface area contributed by atoms with E-state index in [0.29, 0.717) is 12.1 Å². The number of nitrogens with zero attached hydrogens (tertiary/aromatic N) is 2. The average molecular weight is 426 g/mol. The van der Waals surface area contributed by atoms with Gasteiger partial charge in [0.05, 0.1) is 6.54 Å². The highest BCUT2D eigenvalue weighted by Gasteiger charge is 2.25. The normalized spacial score (nSPS) is 15.6. The molecule has 31 heavy (non-hydrogen) atoms. The van der Waals surface area contributed by atoms with Gasteiger partial charge < -0.3 is 15.2 Å². The second-order valence-electron chi connectivity index (χ2n) is 8.67. The summed E-state index contributed by atoms with van der Waals surface area (Å²) < 4.78 is 30.5. The van der Waals surface area contributed by atoms with Crippen LogP contribution in [0.3, 0.4) is 0 Å². The van der Waals surface area contributed by atoms with Gasteiger partial charge in [-0.3, -0.25) is 4.79 Å². The molecular weight excluding hydrogens is 396 g/mol. The molecule has 3 aromatic rings. The van der Waals surface area contributed by atoms with Crippen LogP contribution in [-0.2, 0) is 24.2 Å². The Hall–Kier alpha value is -2.57. The summed E-state index contributed by atoms with van der Waals surface area (Å²) in [7, 11) is 2.13. The number of hydrogen-bond donors (Lipinski definition) is 1. The minimum Gasteiger partial charge on any atom is -0.344 e. The van der Waals surface area contributed by atoms with Crippen LogP contribution in [0.15, 0.2) is 36.4 Å². The Morgan fingerprint density at radius 3 is 2.65 bits per heavy atom. The summed E-state index contributed by atoms with van der Waals surface area (Å²) in [5, 5.41) is 1.23. The van der Waals surface area contributed by atoms with Gasteiger partial charge in [-0.15, -0.1) is 0 Å². The highest BCUT2D eigenvalue weighted by atomic mass is 19.1. The van der Waals surface area contributed by atoms with Crippen molar-refractivity contribution in [2.75, 3.05) is 26.7 Å². The Morgan fingerprint density at radius 2 is 1.90 bits per heavy atom. The number of fused-ring (bicyclic) bond motifs is 3. The molecule has 4 rings (SSSR count). The number of carbonyl (C=O) groups is 1. The summed E-state index contributed by atoms with van der Waals surface area (Å²) in [5.41, 5.74) is 10.8. The standard InChI is InChI=1S/C25H29F2N3O/c1-16-3-6-24-22(11-16)21-7-9-29(2)10-8-25(21)30(24)15-17(12-19(31)14-28)20-5-4-18(26)13-23(20)27/h3-6,11,13,17H,7-10,12,14-15,28H2,1-2H3. The van der Waals surface area contributed by atoms with Gasteiger partial charge >= 0.3 is 0 Å². The molecule has 6 heteroatoms. The molecule has 1 unspecified atom stereocenters. The third-order valence-electron chi connectivity index (χ3n) is 6.42. The lowest BCUT2D eigenvalue weighted by atomic mass is 9.92. The van der Waals surface area contributed by atoms with E-state index in [2.05, 4.69) is 41.6 Å². The van der Waals surface area contributed by atoms with Crippen molar-refractivity contribution in [1.82, 2.24) is 9.47 Å². The molecule has 1 aromatic heterocycles. The van der Waals surface area contributed by atoms with Crippen molar-refractivity contribution in [3.05, 3.63) is 70.4 Å². The Balaban J connectivity index is 1.83. The van der Waals surface area contributed by atoms with E-state index in [1.165, 1.54) is 34.3 Å². The zero-order valence-corrected chi connectivity index (χ0v) is 18.1. The van der Waals surface area contributed by atoms with Crippen molar-refractivity contribution in [1.29, 1.82) is 0 Å². The van der Waals surface area contributed by atoms with Crippen LogP contribution in [-0.4, -0.2) is 41.9 Å². The zero-order valence-electron chi connectivity index (χ0n) is 18.1. The number of hydrogen-bond acceptors (Lipinski definition) is 3. The van der Waals surface area contributed by atoms with Gasteiger partial charge in [-0.1, -0.05) is 17.7 Å². The van der Waals surface area contributed by atoms with Crippen molar-refractivity contribution in [3.8, 4) is 0 Å². The Labute approximate surface area is 181 Å². The van der Waals surface area contributed by atoms with Gasteiger partial charge in [0, 0.05) is 61.1 Å². The van der Waals surface area contributed by atoms with E-state index in [1.807, 2.05) is 0 Å². The van der Waals surface area contributed by atoms with Gasteiger partial charge in [-0.2, -0.15) is 0 Å². The van der Waals surface area contributed by atoms with Crippen molar-refractivity contribution < 1.29 is 13.6 Å². The van der Waals surface area contributed by atoms with Crippen LogP contribution >= 0.6 is 0 Å². The number of benzene rings is 2. The first-order chi connectivity index (χ1) is 14.9. The van der Waals surface area contributed by atoms with Crippen molar-refractivity contribution in [2.45, 2.75) is 38.6 Å². The highest BCUT2D eigenvalue weighted by Crippen LogP contribution is 2.34. The van der Waals surface area contributed by atoms with Gasteiger partial charge in [0.1, 0.15) is 17.4 Å². The molecule has 1 aliphatic rings. The van der Waals surface area contributed by atoms with Crippen LogP contribution in [0.25, 0.3) is 10.9 Å². The zero-order chi connectivity index (χ0) is 22.1. The monoisotopic (exact) mass is 425 g/mol. The summed E-state index contributed by atoms with van der Waals surface area (Å²) in [5.74, 6) is -1.79. The van der Waals surface area contributed by atoms with Crippen LogP contribution in [0.1, 0.15) is 34.7 Å². The van der Waals surface area contributed by atoms with E-state index in [4.69, 9.17) is 5.73 Å². The average Bonchev–Trinajstić information content (AvgIpc) is 2.87. The molecule has 0 bridgehead atoms. The first-order valence-corrected chi connectivity index (χ1v) is 10.8. The number of nitrogens with two attached hydrogens (primary N) is 1. The van der Waals surface area contributed by atoms with E-state index in [9.17, 15) is 13.6 Å². The van der Waals surface area contributed by atoms with Crippen LogP contribution in [0.5, 0.6) is 0 Å². The lowest BCUT2D eigenvalue weighted by Crippen LogP contribution is -2.23. The topological polar surface area (TPSA) is 51.3 Å². The third-order valence-corrected chi connectivity index (χ3v) is 6.42. The number of Topliss-reactive ketones (excluding diaryl/α,β-unsaturated/α-hetero) is 1. The van der Waals surface area contributed by atoms with E-state index < -0.39 is 17.6 Å². The molecule has 2 heterocycles. The van der Waals surface area contributed by atoms with Crippen molar-refractivity contribution in [2.24, 2.45) is 5.73 Å². The first-order valence-electron chi connectivity index (χ1n) is 10.8. The highest BCUT2D eigenvalue weighted by molar-refractivity contribution is 5.86. The van der Waals surface area contributed by atoms with Gasteiger partial charge in [0.15, 0.2) is 0 Å². The lowest BCUT2D eigenvalue weighted by molar-refractivity contribution is -0.118. The minimum atomic E-state index is -0.621. The Bertz CT molecular complexity index is 1120. The maximum atomic E-state index is 14.7. The number of ketones is 1. The molecule has 0 fully saturated rings. The second-order valence-corrected chi connectivity index (χ2v) is 8.67. The molecule has 0 aliphatic carbocycles. The molecule has 2 N–H and O–H groups in total. The van der Waals surface area contributed by atoms with Crippen molar-refractivity contribution in [3.63, 3.8) is 0 Å². The molecule has 164 valence electrons. The summed E-state index contributed by atoms with van der Waals surface area (Å²) in [6.45, 7) is 4.38. The van der Waals surface area contributed by atoms with Gasteiger partial charge in [0.2, 0.25) is 0 Å². The number of aromatic nitrogens is 1. The van der Waals surface area contributed by atoms with Gasteiger partial charge in [-0.05, 0) is 49.7 Å². The largest absolute Gasteiger partial charge is 0.344 e. The second kappa shape index (κ2) is 8.89. The van der Waals surface area contributed by atoms with Gasteiger partial charge in [0.25, 0.3) is 0 Å². The number of halogens is 2. The van der Waals surface area contributed by atoms with Crippen LogP contribution in [0, 0.1) is 18.6 Å². The maximum Gasteiger partial charge on any atom is 0.147 e. The fourth-order valence-corrected chi connectivity index (χ4v) is 4.76. The Morgan fingerprint density at radius 1 is 1.13 bits per heavy atom. The molecule has 1 atom stereocenters. The maximum absolute atomic E-state index is 14.7. The first kappa shape index (κ1) is 21.7. The Kier molecular flexibility index (Phi) is 6.21. The summed E-state index contributed by atoms with van der Waals surface area (Å²) >= 11 is 0. The van der Waals surface area contributed by atoms with Gasteiger partial charge in [-0.25, -0.2) is 8.78 Å². The quantitative estimate of drug-likeness (QED) is 0.650. The van der Waals surface area contributed by atoms with E-state index >= 15 is 0 Å². The summed E-state index contributed by atoms with van der Waals surface area (Å²) in [6.07, 6.45) is 1.97. The fourth-order valence-electron chi connectivity index (χ4n) is 4.76. The number of aryl methyl sites for hydroxylation is 1. The molecule has 2 aromatic carbocycles. The molecular formula is C25H29F2N3O. The lowest BCUT2D eigenvalue weighted by Gasteiger charge is -2.21. The summed E-state index contributed by atoms with van der Waals surface area (Å²) in [4.78, 5) is 14.6. The number of rotatable bonds is 6. The van der Waals surface area contributed by atoms with Crippen LogP contribution in [0.4, 0.5) is 8.78 Å². The fraction of sp³-hybridized carbons (Fsp3) is 0.400. The predicted molar refractivity (Wildman–Crippen MR) is 119 cm³/mol. The van der Waals surface area contributed by atoms with Crippen LogP contribution < -0.4 is 5.73 Å². The van der Waals surface area contributed by atoms with Crippen molar-refractivity contribution >= 4 is 16.7 Å². The predicted octanol–water partition coefficient (Wildman–Crippen LogP) is 3.96. The summed E-state index contributed by atoms with van der Waals surface area (Å²) in [6, 6.07) is 10.0. The molecule has 0 spiro atoms. The van der Waals surface area contributed by atoms with Crippen LogP contribution in [0.2, 0.25) is 0 Å². The number of likely N-dealkylation sites (N-methyl/N-ethyl adjacent to an activating group) is 1. The third kappa shape index (κ3) is 4.41. The number of carbonyl (C=O) groups excluding carboxylic acids is 1. The van der Waals surface area contributed by atoms with E-state index in [0.717, 1.165) is 37.5 Å². The van der Waals surface area contributed by atoms with E-state index in [-0.39, 0.29) is 18.7 Å². The molecule has 0 radical (unpaired) electrons. The molecule has 0 saturated heterocycles.